The third-order valence-electron chi connectivity index (χ3n) is 4.00. The summed E-state index contributed by atoms with van der Waals surface area (Å²) in [6.45, 7) is 7.47. The van der Waals surface area contributed by atoms with Gasteiger partial charge in [-0.05, 0) is 38.8 Å². The Labute approximate surface area is 116 Å². The monoisotopic (exact) mass is 260 g/mol. The summed E-state index contributed by atoms with van der Waals surface area (Å²) < 4.78 is 0. The molecule has 0 aromatic heterocycles. The zero-order valence-corrected chi connectivity index (χ0v) is 12.0. The number of piperidine rings is 1. The lowest BCUT2D eigenvalue weighted by Crippen LogP contribution is -2.50. The Kier molecular flexibility index (Phi) is 4.59. The highest BCUT2D eigenvalue weighted by Crippen LogP contribution is 2.28. The molecule has 0 saturated carbocycles. The van der Waals surface area contributed by atoms with Crippen molar-refractivity contribution in [2.45, 2.75) is 33.2 Å². The normalized spacial score (nSPS) is 23.1. The number of nitrogens with zero attached hydrogens (tertiary/aromatic N) is 1. The molecule has 1 fully saturated rings. The average molecular weight is 260 g/mol. The van der Waals surface area contributed by atoms with Crippen LogP contribution in [0.25, 0.3) is 0 Å². The van der Waals surface area contributed by atoms with E-state index in [1.165, 1.54) is 5.56 Å². The summed E-state index contributed by atoms with van der Waals surface area (Å²) in [5, 5.41) is 3.35. The quantitative estimate of drug-likeness (QED) is 0.901. The molecule has 1 aromatic carbocycles. The fraction of sp³-hybridized carbons (Fsp3) is 0.562. The number of amides is 1. The molecule has 1 atom stereocenters. The molecule has 1 heterocycles. The van der Waals surface area contributed by atoms with Crippen LogP contribution < -0.4 is 5.32 Å². The maximum absolute atomic E-state index is 12.7. The third kappa shape index (κ3) is 3.35. The van der Waals surface area contributed by atoms with Gasteiger partial charge in [0.05, 0.1) is 5.41 Å². The second-order valence-electron chi connectivity index (χ2n) is 5.65. The van der Waals surface area contributed by atoms with Crippen LogP contribution in [0.2, 0.25) is 0 Å². The zero-order chi connectivity index (χ0) is 13.7. The van der Waals surface area contributed by atoms with E-state index in [0.717, 1.165) is 32.5 Å². The number of carbonyl (C=O) groups excluding carboxylic acids is 1. The zero-order valence-electron chi connectivity index (χ0n) is 12.0. The molecule has 0 radical (unpaired) electrons. The standard InChI is InChI=1S/C16H24N2O/c1-3-18(12-14-8-5-4-6-9-14)15(19)16(2)10-7-11-17-13-16/h4-6,8-9,17H,3,7,10-13H2,1-2H3. The first-order valence-corrected chi connectivity index (χ1v) is 7.20. The smallest absolute Gasteiger partial charge is 0.230 e. The van der Waals surface area contributed by atoms with Gasteiger partial charge >= 0.3 is 0 Å². The van der Waals surface area contributed by atoms with Crippen LogP contribution in [-0.4, -0.2) is 30.4 Å². The molecule has 0 aliphatic carbocycles. The summed E-state index contributed by atoms with van der Waals surface area (Å²) in [6.07, 6.45) is 2.08. The molecule has 2 rings (SSSR count). The topological polar surface area (TPSA) is 32.3 Å². The SMILES string of the molecule is CCN(Cc1ccccc1)C(=O)C1(C)CCCNC1. The number of benzene rings is 1. The third-order valence-corrected chi connectivity index (χ3v) is 4.00. The second-order valence-corrected chi connectivity index (χ2v) is 5.65. The Morgan fingerprint density at radius 2 is 2.11 bits per heavy atom. The first-order chi connectivity index (χ1) is 9.15. The van der Waals surface area contributed by atoms with Crippen LogP contribution in [0.1, 0.15) is 32.3 Å². The highest BCUT2D eigenvalue weighted by atomic mass is 16.2. The summed E-state index contributed by atoms with van der Waals surface area (Å²) in [5.74, 6) is 0.283. The molecule has 0 spiro atoms. The van der Waals surface area contributed by atoms with E-state index in [0.29, 0.717) is 6.54 Å². The highest BCUT2D eigenvalue weighted by molar-refractivity contribution is 5.82. The molecular formula is C16H24N2O. The minimum Gasteiger partial charge on any atom is -0.338 e. The molecule has 1 N–H and O–H groups in total. The van der Waals surface area contributed by atoms with Crippen LogP contribution in [0.3, 0.4) is 0 Å². The molecule has 1 amide bonds. The number of hydrogen-bond donors (Lipinski definition) is 1. The van der Waals surface area contributed by atoms with Crippen molar-refractivity contribution >= 4 is 5.91 Å². The van der Waals surface area contributed by atoms with Gasteiger partial charge in [-0.1, -0.05) is 30.3 Å². The van der Waals surface area contributed by atoms with Crippen molar-refractivity contribution in [3.05, 3.63) is 35.9 Å². The van der Waals surface area contributed by atoms with Crippen molar-refractivity contribution in [3.8, 4) is 0 Å². The van der Waals surface area contributed by atoms with Crippen molar-refractivity contribution < 1.29 is 4.79 Å². The van der Waals surface area contributed by atoms with Gasteiger partial charge in [0.2, 0.25) is 5.91 Å². The predicted molar refractivity (Wildman–Crippen MR) is 77.7 cm³/mol. The number of nitrogens with one attached hydrogen (secondary N) is 1. The summed E-state index contributed by atoms with van der Waals surface area (Å²) in [4.78, 5) is 14.7. The molecule has 1 aliphatic rings. The van der Waals surface area contributed by atoms with E-state index < -0.39 is 0 Å². The van der Waals surface area contributed by atoms with Gasteiger partial charge in [0.25, 0.3) is 0 Å². The van der Waals surface area contributed by atoms with Crippen molar-refractivity contribution in [2.24, 2.45) is 5.41 Å². The maximum Gasteiger partial charge on any atom is 0.230 e. The van der Waals surface area contributed by atoms with Crippen LogP contribution in [0.4, 0.5) is 0 Å². The van der Waals surface area contributed by atoms with Crippen LogP contribution in [0.5, 0.6) is 0 Å². The largest absolute Gasteiger partial charge is 0.338 e. The fourth-order valence-corrected chi connectivity index (χ4v) is 2.75. The molecule has 3 nitrogen and oxygen atoms in total. The van der Waals surface area contributed by atoms with E-state index >= 15 is 0 Å². The minimum absolute atomic E-state index is 0.233. The van der Waals surface area contributed by atoms with E-state index in [9.17, 15) is 4.79 Å². The summed E-state index contributed by atoms with van der Waals surface area (Å²) in [5.41, 5.74) is 0.966. The lowest BCUT2D eigenvalue weighted by molar-refractivity contribution is -0.142. The molecule has 3 heteroatoms. The molecule has 1 unspecified atom stereocenters. The Hall–Kier alpha value is -1.35. The second kappa shape index (κ2) is 6.20. The van der Waals surface area contributed by atoms with Gasteiger partial charge in [-0.3, -0.25) is 4.79 Å². The van der Waals surface area contributed by atoms with Gasteiger partial charge in [-0.15, -0.1) is 0 Å². The lowest BCUT2D eigenvalue weighted by atomic mass is 9.81. The van der Waals surface area contributed by atoms with E-state index in [2.05, 4.69) is 31.3 Å². The van der Waals surface area contributed by atoms with Gasteiger partial charge in [-0.25, -0.2) is 0 Å². The van der Waals surface area contributed by atoms with Crippen LogP contribution in [0.15, 0.2) is 30.3 Å². The van der Waals surface area contributed by atoms with Gasteiger partial charge < -0.3 is 10.2 Å². The summed E-state index contributed by atoms with van der Waals surface area (Å²) in [7, 11) is 0. The molecule has 104 valence electrons. The van der Waals surface area contributed by atoms with Crippen molar-refractivity contribution in [3.63, 3.8) is 0 Å². The molecular weight excluding hydrogens is 236 g/mol. The Morgan fingerprint density at radius 1 is 1.37 bits per heavy atom. The maximum atomic E-state index is 12.7. The molecule has 19 heavy (non-hydrogen) atoms. The van der Waals surface area contributed by atoms with Crippen molar-refractivity contribution in [2.75, 3.05) is 19.6 Å². The molecule has 1 aliphatic heterocycles. The fourth-order valence-electron chi connectivity index (χ4n) is 2.75. The first-order valence-electron chi connectivity index (χ1n) is 7.20. The summed E-state index contributed by atoms with van der Waals surface area (Å²) in [6, 6.07) is 10.2. The number of hydrogen-bond acceptors (Lipinski definition) is 2. The van der Waals surface area contributed by atoms with Gasteiger partial charge in [0.1, 0.15) is 0 Å². The molecule has 0 bridgehead atoms. The average Bonchev–Trinajstić information content (AvgIpc) is 2.46. The Morgan fingerprint density at radius 3 is 2.68 bits per heavy atom. The Balaban J connectivity index is 2.06. The van der Waals surface area contributed by atoms with Crippen LogP contribution in [0, 0.1) is 5.41 Å². The van der Waals surface area contributed by atoms with Gasteiger partial charge in [-0.2, -0.15) is 0 Å². The number of rotatable bonds is 4. The van der Waals surface area contributed by atoms with E-state index in [1.54, 1.807) is 0 Å². The van der Waals surface area contributed by atoms with Gasteiger partial charge in [0.15, 0.2) is 0 Å². The summed E-state index contributed by atoms with van der Waals surface area (Å²) >= 11 is 0. The van der Waals surface area contributed by atoms with Crippen molar-refractivity contribution in [1.29, 1.82) is 0 Å². The molecule has 1 aromatic rings. The van der Waals surface area contributed by atoms with E-state index in [1.807, 2.05) is 23.1 Å². The minimum atomic E-state index is -0.233. The number of carbonyl (C=O) groups is 1. The Bertz CT molecular complexity index is 410. The highest BCUT2D eigenvalue weighted by Gasteiger charge is 2.37. The van der Waals surface area contributed by atoms with Gasteiger partial charge in [0, 0.05) is 19.6 Å². The first kappa shape index (κ1) is 14.1. The lowest BCUT2D eigenvalue weighted by Gasteiger charge is -2.37. The van der Waals surface area contributed by atoms with Crippen LogP contribution >= 0.6 is 0 Å². The van der Waals surface area contributed by atoms with E-state index in [4.69, 9.17) is 0 Å². The van der Waals surface area contributed by atoms with E-state index in [-0.39, 0.29) is 11.3 Å². The van der Waals surface area contributed by atoms with Crippen molar-refractivity contribution in [1.82, 2.24) is 10.2 Å². The molecule has 1 saturated heterocycles. The predicted octanol–water partition coefficient (Wildman–Crippen LogP) is 2.42. The van der Waals surface area contributed by atoms with Crippen LogP contribution in [-0.2, 0) is 11.3 Å².